The lowest BCUT2D eigenvalue weighted by Crippen LogP contribution is -2.25. The first-order chi connectivity index (χ1) is 8.60. The summed E-state index contributed by atoms with van der Waals surface area (Å²) in [5, 5.41) is 8.78. The normalized spacial score (nSPS) is 15.1. The molecule has 1 aliphatic rings. The second-order valence-electron chi connectivity index (χ2n) is 4.88. The molecule has 1 aromatic carbocycles. The van der Waals surface area contributed by atoms with E-state index in [0.717, 1.165) is 25.1 Å². The molecule has 0 atom stereocenters. The Kier molecular flexibility index (Phi) is 3.97. The summed E-state index contributed by atoms with van der Waals surface area (Å²) in [6.45, 7) is 4.51. The molecule has 1 fully saturated rings. The van der Waals surface area contributed by atoms with Crippen LogP contribution in [0, 0.1) is 11.7 Å². The van der Waals surface area contributed by atoms with Gasteiger partial charge in [0.05, 0.1) is 5.56 Å². The molecule has 1 N–H and O–H groups in total. The summed E-state index contributed by atoms with van der Waals surface area (Å²) in [6, 6.07) is 4.14. The molecule has 0 bridgehead atoms. The number of carboxylic acid groups (broad SMARTS) is 1. The highest BCUT2D eigenvalue weighted by atomic mass is 19.1. The molecule has 4 heteroatoms. The number of carboxylic acids is 1. The van der Waals surface area contributed by atoms with E-state index in [9.17, 15) is 9.18 Å². The maximum atomic E-state index is 13.8. The van der Waals surface area contributed by atoms with Crippen LogP contribution in [0.4, 0.5) is 4.39 Å². The van der Waals surface area contributed by atoms with Crippen LogP contribution in [0.1, 0.15) is 35.7 Å². The third-order valence-corrected chi connectivity index (χ3v) is 3.35. The van der Waals surface area contributed by atoms with Gasteiger partial charge in [0.25, 0.3) is 0 Å². The van der Waals surface area contributed by atoms with E-state index in [1.54, 1.807) is 6.07 Å². The Morgan fingerprint density at radius 3 is 2.72 bits per heavy atom. The maximum Gasteiger partial charge on any atom is 0.335 e. The van der Waals surface area contributed by atoms with Gasteiger partial charge in [0.1, 0.15) is 5.82 Å². The molecular weight excluding hydrogens is 233 g/mol. The molecule has 2 rings (SSSR count). The summed E-state index contributed by atoms with van der Waals surface area (Å²) in [4.78, 5) is 12.9. The zero-order valence-corrected chi connectivity index (χ0v) is 10.5. The van der Waals surface area contributed by atoms with E-state index in [1.807, 2.05) is 0 Å². The average Bonchev–Trinajstić information content (AvgIpc) is 3.14. The predicted molar refractivity (Wildman–Crippen MR) is 67.0 cm³/mol. The lowest BCUT2D eigenvalue weighted by Gasteiger charge is -2.20. The van der Waals surface area contributed by atoms with Crippen LogP contribution in [0.2, 0.25) is 0 Å². The van der Waals surface area contributed by atoms with Crippen molar-refractivity contribution in [3.05, 3.63) is 35.1 Å². The van der Waals surface area contributed by atoms with Gasteiger partial charge in [0, 0.05) is 18.7 Å². The second kappa shape index (κ2) is 5.48. The third kappa shape index (κ3) is 3.29. The Balaban J connectivity index is 2.05. The van der Waals surface area contributed by atoms with Crippen molar-refractivity contribution >= 4 is 5.97 Å². The zero-order valence-electron chi connectivity index (χ0n) is 10.5. The highest BCUT2D eigenvalue weighted by molar-refractivity contribution is 5.87. The summed E-state index contributed by atoms with van der Waals surface area (Å²) < 4.78 is 13.8. The van der Waals surface area contributed by atoms with Crippen molar-refractivity contribution in [2.45, 2.75) is 26.3 Å². The lowest BCUT2D eigenvalue weighted by atomic mass is 10.1. The van der Waals surface area contributed by atoms with Crippen LogP contribution in [0.25, 0.3) is 0 Å². The number of nitrogens with zero attached hydrogens (tertiary/aromatic N) is 1. The fourth-order valence-electron chi connectivity index (χ4n) is 2.02. The fraction of sp³-hybridized carbons (Fsp3) is 0.500. The van der Waals surface area contributed by atoms with Gasteiger partial charge in [0.15, 0.2) is 0 Å². The number of aromatic carboxylic acids is 1. The van der Waals surface area contributed by atoms with Crippen LogP contribution in [0.5, 0.6) is 0 Å². The molecule has 1 aromatic rings. The van der Waals surface area contributed by atoms with Crippen LogP contribution in [-0.4, -0.2) is 29.1 Å². The number of hydrogen-bond donors (Lipinski definition) is 1. The predicted octanol–water partition coefficient (Wildman–Crippen LogP) is 2.76. The topological polar surface area (TPSA) is 40.5 Å². The van der Waals surface area contributed by atoms with Gasteiger partial charge in [-0.1, -0.05) is 13.0 Å². The average molecular weight is 251 g/mol. The van der Waals surface area contributed by atoms with Gasteiger partial charge in [-0.2, -0.15) is 0 Å². The molecule has 1 aliphatic carbocycles. The molecule has 3 nitrogen and oxygen atoms in total. The Labute approximate surface area is 106 Å². The van der Waals surface area contributed by atoms with Gasteiger partial charge in [-0.25, -0.2) is 9.18 Å². The highest BCUT2D eigenvalue weighted by Gasteiger charge is 2.24. The van der Waals surface area contributed by atoms with Crippen molar-refractivity contribution < 1.29 is 14.3 Å². The Morgan fingerprint density at radius 1 is 1.50 bits per heavy atom. The molecule has 0 unspecified atom stereocenters. The van der Waals surface area contributed by atoms with E-state index in [-0.39, 0.29) is 5.56 Å². The SMILES string of the molecule is CCN(Cc1ccc(C(=O)O)cc1F)CC1CC1. The highest BCUT2D eigenvalue weighted by Crippen LogP contribution is 2.30. The maximum absolute atomic E-state index is 13.8. The van der Waals surface area contributed by atoms with Crippen molar-refractivity contribution in [1.29, 1.82) is 0 Å². The molecule has 18 heavy (non-hydrogen) atoms. The molecule has 0 amide bonds. The minimum absolute atomic E-state index is 0.00138. The van der Waals surface area contributed by atoms with E-state index in [1.165, 1.54) is 18.9 Å². The number of hydrogen-bond acceptors (Lipinski definition) is 2. The van der Waals surface area contributed by atoms with Crippen LogP contribution < -0.4 is 0 Å². The Hall–Kier alpha value is -1.42. The van der Waals surface area contributed by atoms with Crippen molar-refractivity contribution in [3.8, 4) is 0 Å². The van der Waals surface area contributed by atoms with Gasteiger partial charge in [-0.15, -0.1) is 0 Å². The van der Waals surface area contributed by atoms with Gasteiger partial charge in [-0.05, 0) is 37.4 Å². The van der Waals surface area contributed by atoms with Crippen molar-refractivity contribution in [1.82, 2.24) is 4.90 Å². The first-order valence-corrected chi connectivity index (χ1v) is 6.34. The number of carbonyl (C=O) groups is 1. The van der Waals surface area contributed by atoms with Gasteiger partial charge in [-0.3, -0.25) is 4.90 Å². The fourth-order valence-corrected chi connectivity index (χ4v) is 2.02. The monoisotopic (exact) mass is 251 g/mol. The quantitative estimate of drug-likeness (QED) is 0.845. The summed E-state index contributed by atoms with van der Waals surface area (Å²) in [5.41, 5.74) is 0.573. The minimum atomic E-state index is -1.09. The molecule has 0 radical (unpaired) electrons. The Morgan fingerprint density at radius 2 is 2.22 bits per heavy atom. The van der Waals surface area contributed by atoms with E-state index < -0.39 is 11.8 Å². The molecule has 0 spiro atoms. The van der Waals surface area contributed by atoms with Crippen LogP contribution in [0.3, 0.4) is 0 Å². The lowest BCUT2D eigenvalue weighted by molar-refractivity contribution is 0.0696. The molecule has 0 aromatic heterocycles. The first-order valence-electron chi connectivity index (χ1n) is 6.34. The number of halogens is 1. The molecule has 0 aliphatic heterocycles. The van der Waals surface area contributed by atoms with Gasteiger partial charge >= 0.3 is 5.97 Å². The smallest absolute Gasteiger partial charge is 0.335 e. The van der Waals surface area contributed by atoms with Gasteiger partial charge < -0.3 is 5.11 Å². The van der Waals surface area contributed by atoms with E-state index in [0.29, 0.717) is 12.1 Å². The number of rotatable bonds is 6. The van der Waals surface area contributed by atoms with E-state index in [2.05, 4.69) is 11.8 Å². The molecular formula is C14H18FNO2. The summed E-state index contributed by atoms with van der Waals surface area (Å²) in [6.07, 6.45) is 2.55. The van der Waals surface area contributed by atoms with E-state index >= 15 is 0 Å². The van der Waals surface area contributed by atoms with Crippen molar-refractivity contribution in [2.75, 3.05) is 13.1 Å². The molecule has 0 heterocycles. The second-order valence-corrected chi connectivity index (χ2v) is 4.88. The largest absolute Gasteiger partial charge is 0.478 e. The summed E-state index contributed by atoms with van der Waals surface area (Å²) >= 11 is 0. The third-order valence-electron chi connectivity index (χ3n) is 3.35. The first kappa shape index (κ1) is 13.0. The summed E-state index contributed by atoms with van der Waals surface area (Å²) in [5.74, 6) is -0.749. The van der Waals surface area contributed by atoms with Crippen LogP contribution in [-0.2, 0) is 6.54 Å². The van der Waals surface area contributed by atoms with Crippen molar-refractivity contribution in [3.63, 3.8) is 0 Å². The molecule has 1 saturated carbocycles. The Bertz CT molecular complexity index is 443. The minimum Gasteiger partial charge on any atom is -0.478 e. The van der Waals surface area contributed by atoms with E-state index in [4.69, 9.17) is 5.11 Å². The molecule has 0 saturated heterocycles. The summed E-state index contributed by atoms with van der Waals surface area (Å²) in [7, 11) is 0. The van der Waals surface area contributed by atoms with Crippen LogP contribution >= 0.6 is 0 Å². The van der Waals surface area contributed by atoms with Gasteiger partial charge in [0.2, 0.25) is 0 Å². The molecule has 98 valence electrons. The number of benzene rings is 1. The van der Waals surface area contributed by atoms with Crippen molar-refractivity contribution in [2.24, 2.45) is 5.92 Å². The standard InChI is InChI=1S/C14H18FNO2/c1-2-16(8-10-3-4-10)9-12-6-5-11(14(17)18)7-13(12)15/h5-7,10H,2-4,8-9H2,1H3,(H,17,18). The van der Waals surface area contributed by atoms with Crippen LogP contribution in [0.15, 0.2) is 18.2 Å². The zero-order chi connectivity index (χ0) is 13.1.